The lowest BCUT2D eigenvalue weighted by atomic mass is 10.1. The predicted molar refractivity (Wildman–Crippen MR) is 296 cm³/mol. The lowest BCUT2D eigenvalue weighted by Gasteiger charge is -2.10. The second kappa shape index (κ2) is 23.7. The molecule has 0 bridgehead atoms. The molecular weight excluding hydrogens is 983 g/mol. The van der Waals surface area contributed by atoms with Crippen molar-refractivity contribution in [2.75, 3.05) is 20.2 Å². The highest BCUT2D eigenvalue weighted by Gasteiger charge is 2.15. The Morgan fingerprint density at radius 1 is 0.590 bits per heavy atom. The van der Waals surface area contributed by atoms with Gasteiger partial charge >= 0.3 is 0 Å². The van der Waals surface area contributed by atoms with Gasteiger partial charge in [-0.25, -0.2) is 0 Å². The zero-order valence-corrected chi connectivity index (χ0v) is 42.7. The molecule has 0 fully saturated rings. The Morgan fingerprint density at radius 2 is 1.12 bits per heavy atom. The maximum atomic E-state index is 12.2. The number of ether oxygens (including phenoxy) is 4. The molecule has 0 atom stereocenters. The van der Waals surface area contributed by atoms with E-state index in [4.69, 9.17) is 29.1 Å². The standard InChI is InChI=1S/C32H25N5O3.C29H24N6O3/c1-21(2)18-29(38)23-8-10-24(11-9-23)40-25-12-13-26-28(19-25)33-17-16-30(26)39-20-32-35-34-31-15-14-27(36-37(31)32)22-6-4-3-5-7-22;1-3-29(36)34(2)17-7-8-18-37-22-11-12-23-25(19-22)30-16-15-26(23)38-20-28-32-31-27-14-13-24(33-35(27)28)21-9-5-4-6-10-21/h3-19H,20H2,1-2H3;3-6,9-16,19H,1,17-18,20H2,2H3. The zero-order valence-electron chi connectivity index (χ0n) is 42.7. The molecule has 0 aliphatic rings. The van der Waals surface area contributed by atoms with E-state index in [1.165, 1.54) is 11.0 Å². The number of hydrogen-bond acceptors (Lipinski definition) is 14. The Labute approximate surface area is 448 Å². The van der Waals surface area contributed by atoms with E-state index in [0.29, 0.717) is 63.8 Å². The molecule has 0 N–H and O–H groups in total. The third-order valence-corrected chi connectivity index (χ3v) is 12.0. The number of likely N-dealkylation sites (N-methyl/N-ethyl adjacent to an activating group) is 1. The van der Waals surface area contributed by atoms with Gasteiger partial charge in [0, 0.05) is 59.0 Å². The van der Waals surface area contributed by atoms with Gasteiger partial charge in [0.15, 0.2) is 28.7 Å². The summed E-state index contributed by atoms with van der Waals surface area (Å²) in [6.45, 7) is 8.11. The maximum absolute atomic E-state index is 12.2. The van der Waals surface area contributed by atoms with Crippen LogP contribution in [0.5, 0.6) is 28.7 Å². The van der Waals surface area contributed by atoms with Crippen LogP contribution >= 0.6 is 0 Å². The minimum absolute atomic E-state index is 0.0273. The number of pyridine rings is 2. The average Bonchev–Trinajstić information content (AvgIpc) is 4.14. The molecule has 0 spiro atoms. The summed E-state index contributed by atoms with van der Waals surface area (Å²) < 4.78 is 27.4. The quantitative estimate of drug-likeness (QED) is 0.0505. The number of benzene rings is 5. The van der Waals surface area contributed by atoms with Crippen LogP contribution in [0.25, 0.3) is 55.6 Å². The Hall–Kier alpha value is -10.6. The fourth-order valence-corrected chi connectivity index (χ4v) is 8.01. The topological polar surface area (TPSA) is 186 Å². The molecule has 384 valence electrons. The fourth-order valence-electron chi connectivity index (χ4n) is 8.01. The molecule has 0 aliphatic heterocycles. The number of hydrogen-bond donors (Lipinski definition) is 0. The number of allylic oxidation sites excluding steroid dienone is 2. The van der Waals surface area contributed by atoms with Crippen molar-refractivity contribution < 1.29 is 28.5 Å². The van der Waals surface area contributed by atoms with Crippen molar-refractivity contribution in [3.63, 3.8) is 0 Å². The molecule has 0 aliphatic carbocycles. The predicted octanol–water partition coefficient (Wildman–Crippen LogP) is 10.8. The van der Waals surface area contributed by atoms with Crippen molar-refractivity contribution >= 4 is 44.8 Å². The molecule has 11 rings (SSSR count). The van der Waals surface area contributed by atoms with E-state index in [2.05, 4.69) is 48.8 Å². The molecule has 5 aromatic carbocycles. The van der Waals surface area contributed by atoms with Crippen LogP contribution in [-0.2, 0) is 18.0 Å². The molecule has 6 aromatic heterocycles. The summed E-state index contributed by atoms with van der Waals surface area (Å²) in [6.07, 6.45) is 6.25. The second-order valence-corrected chi connectivity index (χ2v) is 17.7. The largest absolute Gasteiger partial charge is 0.485 e. The minimum Gasteiger partial charge on any atom is -0.485 e. The number of aromatic nitrogens is 10. The van der Waals surface area contributed by atoms with Crippen molar-refractivity contribution in [3.05, 3.63) is 212 Å². The molecule has 0 saturated heterocycles. The highest BCUT2D eigenvalue weighted by atomic mass is 16.5. The third kappa shape index (κ3) is 12.2. The van der Waals surface area contributed by atoms with Gasteiger partial charge in [0.05, 0.1) is 29.0 Å². The van der Waals surface area contributed by atoms with Crippen molar-refractivity contribution in [2.45, 2.75) is 27.1 Å². The van der Waals surface area contributed by atoms with Gasteiger partial charge in [-0.2, -0.15) is 19.2 Å². The minimum atomic E-state index is -0.177. The summed E-state index contributed by atoms with van der Waals surface area (Å²) in [7, 11) is 1.66. The maximum Gasteiger partial charge on any atom is 0.246 e. The summed E-state index contributed by atoms with van der Waals surface area (Å²) in [6, 6.07) is 49.4. The molecular formula is C61H49N11O6. The van der Waals surface area contributed by atoms with E-state index >= 15 is 0 Å². The van der Waals surface area contributed by atoms with Crippen LogP contribution in [0.2, 0.25) is 0 Å². The molecule has 78 heavy (non-hydrogen) atoms. The van der Waals surface area contributed by atoms with Crippen molar-refractivity contribution in [2.24, 2.45) is 0 Å². The van der Waals surface area contributed by atoms with E-state index < -0.39 is 0 Å². The van der Waals surface area contributed by atoms with Crippen LogP contribution in [0, 0.1) is 11.8 Å². The van der Waals surface area contributed by atoms with Gasteiger partial charge in [-0.05, 0) is 111 Å². The monoisotopic (exact) mass is 1030 g/mol. The van der Waals surface area contributed by atoms with Gasteiger partial charge in [0.2, 0.25) is 5.91 Å². The van der Waals surface area contributed by atoms with Crippen LogP contribution in [0.1, 0.15) is 35.9 Å². The first-order valence-corrected chi connectivity index (χ1v) is 24.7. The van der Waals surface area contributed by atoms with Gasteiger partial charge in [0.1, 0.15) is 48.6 Å². The lowest BCUT2D eigenvalue weighted by Crippen LogP contribution is -2.24. The second-order valence-electron chi connectivity index (χ2n) is 17.7. The summed E-state index contributed by atoms with van der Waals surface area (Å²) in [5, 5.41) is 28.1. The highest BCUT2D eigenvalue weighted by molar-refractivity contribution is 6.04. The summed E-state index contributed by atoms with van der Waals surface area (Å²) in [5.41, 5.74) is 7.98. The van der Waals surface area contributed by atoms with Crippen LogP contribution in [0.3, 0.4) is 0 Å². The first-order chi connectivity index (χ1) is 38.1. The van der Waals surface area contributed by atoms with Crippen LogP contribution in [-0.4, -0.2) is 86.4 Å². The fraction of sp³-hybridized carbons (Fsp3) is 0.115. The first kappa shape index (κ1) is 50.9. The number of fused-ring (bicyclic) bond motifs is 4. The van der Waals surface area contributed by atoms with E-state index in [-0.39, 0.29) is 31.5 Å². The highest BCUT2D eigenvalue weighted by Crippen LogP contribution is 2.31. The summed E-state index contributed by atoms with van der Waals surface area (Å²) >= 11 is 0. The van der Waals surface area contributed by atoms with Gasteiger partial charge in [-0.3, -0.25) is 19.6 Å². The normalized spacial score (nSPS) is 10.8. The molecule has 0 saturated carbocycles. The average molecular weight is 1030 g/mol. The number of ketones is 1. The summed E-state index contributed by atoms with van der Waals surface area (Å²) in [4.78, 5) is 34.1. The molecule has 0 radical (unpaired) electrons. The van der Waals surface area contributed by atoms with Gasteiger partial charge in [-0.15, -0.1) is 20.4 Å². The third-order valence-electron chi connectivity index (χ3n) is 12.0. The van der Waals surface area contributed by atoms with E-state index in [9.17, 15) is 9.59 Å². The molecule has 6 heterocycles. The molecule has 0 unspecified atom stereocenters. The zero-order chi connectivity index (χ0) is 53.8. The summed E-state index contributed by atoms with van der Waals surface area (Å²) in [5.74, 6) is 9.98. The van der Waals surface area contributed by atoms with Crippen LogP contribution in [0.15, 0.2) is 194 Å². The lowest BCUT2D eigenvalue weighted by molar-refractivity contribution is -0.124. The number of rotatable bonds is 16. The number of carbonyl (C=O) groups excluding carboxylic acids is 2. The van der Waals surface area contributed by atoms with Gasteiger partial charge < -0.3 is 23.8 Å². The van der Waals surface area contributed by atoms with E-state index in [1.54, 1.807) is 64.9 Å². The van der Waals surface area contributed by atoms with Crippen molar-refractivity contribution in [1.82, 2.24) is 54.5 Å². The molecule has 1 amide bonds. The molecule has 17 heteroatoms. The number of amides is 1. The first-order valence-electron chi connectivity index (χ1n) is 24.7. The van der Waals surface area contributed by atoms with Crippen LogP contribution < -0.4 is 18.9 Å². The SMILES string of the molecule is C=CC(=O)N(C)CC#CCOc1ccc2c(OCc3nnc4ccc(-c5ccccc5)nn34)ccnc2c1.CC(C)=CC(=O)c1ccc(Oc2ccc3c(OCc4nnc5ccc(-c6ccccc6)nn45)ccnc3c2)cc1. The van der Waals surface area contributed by atoms with Gasteiger partial charge in [0.25, 0.3) is 0 Å². The Bertz CT molecular complexity index is 4050. The Kier molecular flexibility index (Phi) is 15.5. The van der Waals surface area contributed by atoms with E-state index in [1.807, 2.05) is 141 Å². The van der Waals surface area contributed by atoms with Crippen molar-refractivity contribution in [1.29, 1.82) is 0 Å². The smallest absolute Gasteiger partial charge is 0.246 e. The Morgan fingerprint density at radius 3 is 1.65 bits per heavy atom. The van der Waals surface area contributed by atoms with Gasteiger partial charge in [-0.1, -0.05) is 84.7 Å². The Balaban J connectivity index is 0.000000177. The van der Waals surface area contributed by atoms with Crippen LogP contribution in [0.4, 0.5) is 0 Å². The van der Waals surface area contributed by atoms with E-state index in [0.717, 1.165) is 49.9 Å². The number of nitrogens with zero attached hydrogens (tertiary/aromatic N) is 11. The molecule has 11 aromatic rings. The molecule has 17 nitrogen and oxygen atoms in total. The number of carbonyl (C=O) groups is 2. The van der Waals surface area contributed by atoms with Crippen molar-refractivity contribution in [3.8, 4) is 63.1 Å².